The highest BCUT2D eigenvalue weighted by Crippen LogP contribution is 2.22. The first-order valence-electron chi connectivity index (χ1n) is 6.41. The number of amides is 1. The summed E-state index contributed by atoms with van der Waals surface area (Å²) in [6, 6.07) is -0.117. The van der Waals surface area contributed by atoms with Crippen LogP contribution in [0.25, 0.3) is 0 Å². The monoisotopic (exact) mass is 260 g/mol. The van der Waals surface area contributed by atoms with E-state index in [0.717, 1.165) is 12.8 Å². The van der Waals surface area contributed by atoms with Crippen molar-refractivity contribution in [2.75, 3.05) is 26.4 Å². The van der Waals surface area contributed by atoms with Gasteiger partial charge in [0.1, 0.15) is 5.54 Å². The van der Waals surface area contributed by atoms with E-state index in [1.54, 1.807) is 0 Å². The van der Waals surface area contributed by atoms with Crippen molar-refractivity contribution in [1.29, 1.82) is 0 Å². The Balaban J connectivity index is 2.85. The van der Waals surface area contributed by atoms with Crippen LogP contribution in [0.15, 0.2) is 0 Å². The molecule has 18 heavy (non-hydrogen) atoms. The molecule has 6 nitrogen and oxygen atoms in total. The van der Waals surface area contributed by atoms with Crippen LogP contribution in [-0.4, -0.2) is 70.1 Å². The standard InChI is InChI=1S/C12H24N2O4/c1-9(2)13-10-4-3-5-14(11(10)18)12(6-15,7-16)8-17/h9-10,13,15-17H,3-8H2,1-2H3. The molecule has 4 N–H and O–H groups in total. The van der Waals surface area contributed by atoms with Crippen LogP contribution in [0.1, 0.15) is 26.7 Å². The van der Waals surface area contributed by atoms with Gasteiger partial charge in [-0.25, -0.2) is 0 Å². The number of carbonyl (C=O) groups is 1. The van der Waals surface area contributed by atoms with Crippen LogP contribution in [-0.2, 0) is 4.79 Å². The van der Waals surface area contributed by atoms with Gasteiger partial charge in [0.2, 0.25) is 5.91 Å². The maximum atomic E-state index is 12.3. The number of hydrogen-bond donors (Lipinski definition) is 4. The van der Waals surface area contributed by atoms with Crippen molar-refractivity contribution >= 4 is 5.91 Å². The Hall–Kier alpha value is -0.690. The molecule has 106 valence electrons. The van der Waals surface area contributed by atoms with Gasteiger partial charge < -0.3 is 25.5 Å². The zero-order chi connectivity index (χ0) is 13.8. The summed E-state index contributed by atoms with van der Waals surface area (Å²) in [4.78, 5) is 13.7. The second-order valence-electron chi connectivity index (χ2n) is 5.20. The van der Waals surface area contributed by atoms with Crippen LogP contribution in [0.5, 0.6) is 0 Å². The molecule has 1 fully saturated rings. The van der Waals surface area contributed by atoms with Crippen LogP contribution in [0.2, 0.25) is 0 Å². The van der Waals surface area contributed by atoms with Crippen molar-refractivity contribution in [2.45, 2.75) is 44.3 Å². The first-order valence-corrected chi connectivity index (χ1v) is 6.41. The molecule has 1 aliphatic heterocycles. The first-order chi connectivity index (χ1) is 8.50. The molecule has 0 bridgehead atoms. The van der Waals surface area contributed by atoms with Gasteiger partial charge in [-0.15, -0.1) is 0 Å². The van der Waals surface area contributed by atoms with Gasteiger partial charge in [-0.1, -0.05) is 13.8 Å². The van der Waals surface area contributed by atoms with Gasteiger partial charge in [-0.3, -0.25) is 4.79 Å². The van der Waals surface area contributed by atoms with Crippen LogP contribution in [0.4, 0.5) is 0 Å². The van der Waals surface area contributed by atoms with Crippen molar-refractivity contribution in [3.05, 3.63) is 0 Å². The van der Waals surface area contributed by atoms with Gasteiger partial charge in [0.25, 0.3) is 0 Å². The summed E-state index contributed by atoms with van der Waals surface area (Å²) in [5.74, 6) is -0.160. The molecule has 0 aliphatic carbocycles. The largest absolute Gasteiger partial charge is 0.394 e. The van der Waals surface area contributed by atoms with E-state index >= 15 is 0 Å². The molecule has 1 amide bonds. The zero-order valence-electron chi connectivity index (χ0n) is 11.1. The molecule has 1 unspecified atom stereocenters. The summed E-state index contributed by atoms with van der Waals surface area (Å²) in [6.45, 7) is 3.05. The highest BCUT2D eigenvalue weighted by molar-refractivity contribution is 5.83. The SMILES string of the molecule is CC(C)NC1CCCN(C(CO)(CO)CO)C1=O. The number of aliphatic hydroxyl groups excluding tert-OH is 3. The van der Waals surface area contributed by atoms with E-state index in [4.69, 9.17) is 0 Å². The van der Waals surface area contributed by atoms with E-state index in [0.29, 0.717) is 6.54 Å². The van der Waals surface area contributed by atoms with E-state index in [2.05, 4.69) is 5.32 Å². The van der Waals surface area contributed by atoms with Crippen molar-refractivity contribution in [1.82, 2.24) is 10.2 Å². The predicted molar refractivity (Wildman–Crippen MR) is 67.0 cm³/mol. The zero-order valence-corrected chi connectivity index (χ0v) is 11.1. The summed E-state index contributed by atoms with van der Waals surface area (Å²) in [5.41, 5.74) is -1.26. The van der Waals surface area contributed by atoms with Gasteiger partial charge in [0, 0.05) is 12.6 Å². The fourth-order valence-electron chi connectivity index (χ4n) is 2.31. The van der Waals surface area contributed by atoms with Gasteiger partial charge in [0.15, 0.2) is 0 Å². The Kier molecular flexibility index (Phi) is 5.52. The quantitative estimate of drug-likeness (QED) is 0.476. The Morgan fingerprint density at radius 1 is 1.33 bits per heavy atom. The topological polar surface area (TPSA) is 93.0 Å². The summed E-state index contributed by atoms with van der Waals surface area (Å²) in [6.07, 6.45) is 1.53. The highest BCUT2D eigenvalue weighted by Gasteiger charge is 2.42. The average molecular weight is 260 g/mol. The molecule has 1 saturated heterocycles. The van der Waals surface area contributed by atoms with Gasteiger partial charge in [-0.2, -0.15) is 0 Å². The predicted octanol–water partition coefficient (Wildman–Crippen LogP) is -1.31. The summed E-state index contributed by atoms with van der Waals surface area (Å²) in [5, 5.41) is 31.3. The minimum atomic E-state index is -1.26. The van der Waals surface area contributed by atoms with E-state index in [1.807, 2.05) is 13.8 Å². The summed E-state index contributed by atoms with van der Waals surface area (Å²) >= 11 is 0. The Bertz CT molecular complexity index is 271. The lowest BCUT2D eigenvalue weighted by Gasteiger charge is -2.44. The molecule has 0 aromatic rings. The molecule has 0 saturated carbocycles. The maximum absolute atomic E-state index is 12.3. The lowest BCUT2D eigenvalue weighted by molar-refractivity contribution is -0.151. The molecular formula is C12H24N2O4. The fourth-order valence-corrected chi connectivity index (χ4v) is 2.31. The lowest BCUT2D eigenvalue weighted by Crippen LogP contribution is -2.65. The van der Waals surface area contributed by atoms with Crippen molar-refractivity contribution in [2.24, 2.45) is 0 Å². The van der Waals surface area contributed by atoms with Crippen LogP contribution in [0, 0.1) is 0 Å². The van der Waals surface area contributed by atoms with Gasteiger partial charge in [-0.05, 0) is 12.8 Å². The summed E-state index contributed by atoms with van der Waals surface area (Å²) in [7, 11) is 0. The number of nitrogens with one attached hydrogen (secondary N) is 1. The number of hydrogen-bond acceptors (Lipinski definition) is 5. The lowest BCUT2D eigenvalue weighted by atomic mass is 9.94. The minimum Gasteiger partial charge on any atom is -0.394 e. The highest BCUT2D eigenvalue weighted by atomic mass is 16.3. The number of piperidine rings is 1. The van der Waals surface area contributed by atoms with E-state index in [-0.39, 0.29) is 18.0 Å². The second-order valence-corrected chi connectivity index (χ2v) is 5.20. The molecule has 6 heteroatoms. The third-order valence-corrected chi connectivity index (χ3v) is 3.43. The number of likely N-dealkylation sites (tertiary alicyclic amines) is 1. The van der Waals surface area contributed by atoms with E-state index in [1.165, 1.54) is 4.90 Å². The molecule has 0 spiro atoms. The van der Waals surface area contributed by atoms with Crippen molar-refractivity contribution < 1.29 is 20.1 Å². The van der Waals surface area contributed by atoms with E-state index in [9.17, 15) is 20.1 Å². The molecule has 1 aliphatic rings. The molecule has 0 radical (unpaired) electrons. The maximum Gasteiger partial charge on any atom is 0.240 e. The second kappa shape index (κ2) is 6.47. The molecule has 0 aromatic heterocycles. The number of carbonyl (C=O) groups excluding carboxylic acids is 1. The fraction of sp³-hybridized carbons (Fsp3) is 0.917. The van der Waals surface area contributed by atoms with Crippen LogP contribution >= 0.6 is 0 Å². The van der Waals surface area contributed by atoms with Gasteiger partial charge in [0.05, 0.1) is 25.9 Å². The van der Waals surface area contributed by atoms with E-state index < -0.39 is 25.4 Å². The number of aliphatic hydroxyl groups is 3. The molecular weight excluding hydrogens is 236 g/mol. The Morgan fingerprint density at radius 3 is 2.33 bits per heavy atom. The first kappa shape index (κ1) is 15.4. The molecule has 1 rings (SSSR count). The Morgan fingerprint density at radius 2 is 1.89 bits per heavy atom. The van der Waals surface area contributed by atoms with Crippen molar-refractivity contribution in [3.63, 3.8) is 0 Å². The average Bonchev–Trinajstić information content (AvgIpc) is 2.35. The van der Waals surface area contributed by atoms with Crippen LogP contribution in [0.3, 0.4) is 0 Å². The third-order valence-electron chi connectivity index (χ3n) is 3.43. The third kappa shape index (κ3) is 3.00. The Labute approximate surface area is 108 Å². The molecule has 1 heterocycles. The number of nitrogens with zero attached hydrogens (tertiary/aromatic N) is 1. The van der Waals surface area contributed by atoms with Crippen LogP contribution < -0.4 is 5.32 Å². The number of rotatable bonds is 6. The molecule has 0 aromatic carbocycles. The minimum absolute atomic E-state index is 0.160. The van der Waals surface area contributed by atoms with Crippen molar-refractivity contribution in [3.8, 4) is 0 Å². The molecule has 1 atom stereocenters. The van der Waals surface area contributed by atoms with Gasteiger partial charge >= 0.3 is 0 Å². The summed E-state index contributed by atoms with van der Waals surface area (Å²) < 4.78 is 0. The normalized spacial score (nSPS) is 21.8. The smallest absolute Gasteiger partial charge is 0.240 e.